The highest BCUT2D eigenvalue weighted by atomic mass is 16.2. The quantitative estimate of drug-likeness (QED) is 0.712. The van der Waals surface area contributed by atoms with Crippen molar-refractivity contribution in [3.63, 3.8) is 0 Å². The average molecular weight is 184 g/mol. The third-order valence-electron chi connectivity index (χ3n) is 2.54. The molecular formula is C10H20N2O. The van der Waals surface area contributed by atoms with Gasteiger partial charge in [-0.05, 0) is 19.3 Å². The van der Waals surface area contributed by atoms with E-state index in [9.17, 15) is 4.79 Å². The van der Waals surface area contributed by atoms with Crippen LogP contribution < -0.4 is 5.73 Å². The van der Waals surface area contributed by atoms with Gasteiger partial charge in [-0.3, -0.25) is 4.79 Å². The van der Waals surface area contributed by atoms with Crippen molar-refractivity contribution in [1.82, 2.24) is 4.90 Å². The zero-order chi connectivity index (χ0) is 9.68. The second-order valence-electron chi connectivity index (χ2n) is 3.85. The predicted molar refractivity (Wildman–Crippen MR) is 53.3 cm³/mol. The standard InChI is InChI=1S/C10H20N2O/c1-2-5-9(11)8-12-7-4-3-6-10(12)13/h9H,2-8,11H2,1H3. The smallest absolute Gasteiger partial charge is 0.222 e. The summed E-state index contributed by atoms with van der Waals surface area (Å²) in [4.78, 5) is 13.3. The summed E-state index contributed by atoms with van der Waals surface area (Å²) in [6.45, 7) is 3.79. The van der Waals surface area contributed by atoms with Crippen molar-refractivity contribution >= 4 is 5.91 Å². The number of likely N-dealkylation sites (tertiary alicyclic amines) is 1. The van der Waals surface area contributed by atoms with E-state index in [1.165, 1.54) is 0 Å². The average Bonchev–Trinajstić information content (AvgIpc) is 2.09. The van der Waals surface area contributed by atoms with Crippen LogP contribution in [0.15, 0.2) is 0 Å². The highest BCUT2D eigenvalue weighted by Crippen LogP contribution is 2.11. The first-order chi connectivity index (χ1) is 6.24. The van der Waals surface area contributed by atoms with Crippen molar-refractivity contribution in [3.8, 4) is 0 Å². The molecule has 1 atom stereocenters. The molecule has 1 rings (SSSR count). The second-order valence-corrected chi connectivity index (χ2v) is 3.85. The number of rotatable bonds is 4. The van der Waals surface area contributed by atoms with E-state index in [1.807, 2.05) is 4.90 Å². The van der Waals surface area contributed by atoms with Crippen molar-refractivity contribution in [2.75, 3.05) is 13.1 Å². The molecule has 1 heterocycles. The van der Waals surface area contributed by atoms with E-state index >= 15 is 0 Å². The van der Waals surface area contributed by atoms with Crippen LogP contribution in [0, 0.1) is 0 Å². The summed E-state index contributed by atoms with van der Waals surface area (Å²) in [6.07, 6.45) is 5.04. The Kier molecular flexibility index (Phi) is 4.22. The number of piperidine rings is 1. The molecule has 0 aromatic carbocycles. The molecule has 0 spiro atoms. The molecule has 1 fully saturated rings. The van der Waals surface area contributed by atoms with Gasteiger partial charge in [0.15, 0.2) is 0 Å². The van der Waals surface area contributed by atoms with E-state index in [0.717, 1.165) is 45.2 Å². The molecule has 2 N–H and O–H groups in total. The van der Waals surface area contributed by atoms with Gasteiger partial charge in [-0.15, -0.1) is 0 Å². The lowest BCUT2D eigenvalue weighted by Gasteiger charge is -2.29. The molecule has 3 nitrogen and oxygen atoms in total. The number of hydrogen-bond acceptors (Lipinski definition) is 2. The molecule has 0 aliphatic carbocycles. The molecule has 1 aliphatic rings. The van der Waals surface area contributed by atoms with Crippen molar-refractivity contribution in [3.05, 3.63) is 0 Å². The van der Waals surface area contributed by atoms with E-state index < -0.39 is 0 Å². The molecule has 13 heavy (non-hydrogen) atoms. The van der Waals surface area contributed by atoms with Gasteiger partial charge in [-0.25, -0.2) is 0 Å². The van der Waals surface area contributed by atoms with Crippen molar-refractivity contribution in [2.45, 2.75) is 45.1 Å². The third kappa shape index (κ3) is 3.35. The summed E-state index contributed by atoms with van der Waals surface area (Å²) in [5.41, 5.74) is 5.88. The zero-order valence-electron chi connectivity index (χ0n) is 8.46. The maximum atomic E-state index is 11.4. The Hall–Kier alpha value is -0.570. The van der Waals surface area contributed by atoms with Crippen LogP contribution in [-0.4, -0.2) is 29.9 Å². The van der Waals surface area contributed by atoms with Crippen LogP contribution >= 0.6 is 0 Å². The second kappa shape index (κ2) is 5.22. The zero-order valence-corrected chi connectivity index (χ0v) is 8.46. The Morgan fingerprint density at radius 2 is 2.31 bits per heavy atom. The minimum atomic E-state index is 0.173. The summed E-state index contributed by atoms with van der Waals surface area (Å²) in [7, 11) is 0. The third-order valence-corrected chi connectivity index (χ3v) is 2.54. The Labute approximate surface area is 80.3 Å². The van der Waals surface area contributed by atoms with E-state index in [1.54, 1.807) is 0 Å². The maximum Gasteiger partial charge on any atom is 0.222 e. The van der Waals surface area contributed by atoms with Crippen LogP contribution in [0.4, 0.5) is 0 Å². The van der Waals surface area contributed by atoms with E-state index in [4.69, 9.17) is 5.73 Å². The van der Waals surface area contributed by atoms with Crippen LogP contribution in [0.25, 0.3) is 0 Å². The van der Waals surface area contributed by atoms with Crippen LogP contribution in [0.5, 0.6) is 0 Å². The van der Waals surface area contributed by atoms with Gasteiger partial charge in [0.05, 0.1) is 0 Å². The molecule has 76 valence electrons. The van der Waals surface area contributed by atoms with Crippen LogP contribution in [-0.2, 0) is 4.79 Å². The SMILES string of the molecule is CCCC(N)CN1CCCCC1=O. The lowest BCUT2D eigenvalue weighted by molar-refractivity contribution is -0.133. The maximum absolute atomic E-state index is 11.4. The molecule has 1 saturated heterocycles. The first-order valence-corrected chi connectivity index (χ1v) is 5.27. The molecule has 0 bridgehead atoms. The Morgan fingerprint density at radius 3 is 2.92 bits per heavy atom. The molecule has 1 amide bonds. The summed E-state index contributed by atoms with van der Waals surface area (Å²) >= 11 is 0. The lowest BCUT2D eigenvalue weighted by atomic mass is 10.1. The number of nitrogens with two attached hydrogens (primary N) is 1. The number of amides is 1. The molecular weight excluding hydrogens is 164 g/mol. The molecule has 0 radical (unpaired) electrons. The number of nitrogens with zero attached hydrogens (tertiary/aromatic N) is 1. The van der Waals surface area contributed by atoms with Gasteiger partial charge in [0.25, 0.3) is 0 Å². The fourth-order valence-corrected chi connectivity index (χ4v) is 1.80. The predicted octanol–water partition coefficient (Wildman–Crippen LogP) is 1.13. The first kappa shape index (κ1) is 10.5. The summed E-state index contributed by atoms with van der Waals surface area (Å²) in [5.74, 6) is 0.290. The minimum Gasteiger partial charge on any atom is -0.341 e. The van der Waals surface area contributed by atoms with Crippen molar-refractivity contribution in [2.24, 2.45) is 5.73 Å². The monoisotopic (exact) mass is 184 g/mol. The van der Waals surface area contributed by atoms with Gasteiger partial charge in [-0.2, -0.15) is 0 Å². The Bertz CT molecular complexity index is 170. The summed E-state index contributed by atoms with van der Waals surface area (Å²) < 4.78 is 0. The van der Waals surface area contributed by atoms with Crippen LogP contribution in [0.3, 0.4) is 0 Å². The summed E-state index contributed by atoms with van der Waals surface area (Å²) in [5, 5.41) is 0. The van der Waals surface area contributed by atoms with E-state index in [2.05, 4.69) is 6.92 Å². The highest BCUT2D eigenvalue weighted by molar-refractivity contribution is 5.76. The van der Waals surface area contributed by atoms with Gasteiger partial charge in [0.2, 0.25) is 5.91 Å². The largest absolute Gasteiger partial charge is 0.341 e. The van der Waals surface area contributed by atoms with Crippen LogP contribution in [0.1, 0.15) is 39.0 Å². The van der Waals surface area contributed by atoms with Crippen molar-refractivity contribution < 1.29 is 4.79 Å². The Balaban J connectivity index is 2.29. The highest BCUT2D eigenvalue weighted by Gasteiger charge is 2.19. The molecule has 1 unspecified atom stereocenters. The number of carbonyl (C=O) groups excluding carboxylic acids is 1. The van der Waals surface area contributed by atoms with E-state index in [0.29, 0.717) is 0 Å². The molecule has 1 aliphatic heterocycles. The molecule has 0 saturated carbocycles. The van der Waals surface area contributed by atoms with Crippen molar-refractivity contribution in [1.29, 1.82) is 0 Å². The Morgan fingerprint density at radius 1 is 1.54 bits per heavy atom. The van der Waals surface area contributed by atoms with Gasteiger partial charge in [0, 0.05) is 25.6 Å². The van der Waals surface area contributed by atoms with E-state index in [-0.39, 0.29) is 11.9 Å². The summed E-state index contributed by atoms with van der Waals surface area (Å²) in [6, 6.07) is 0.173. The van der Waals surface area contributed by atoms with Crippen LogP contribution in [0.2, 0.25) is 0 Å². The minimum absolute atomic E-state index is 0.173. The number of carbonyl (C=O) groups is 1. The first-order valence-electron chi connectivity index (χ1n) is 5.27. The van der Waals surface area contributed by atoms with Gasteiger partial charge >= 0.3 is 0 Å². The topological polar surface area (TPSA) is 46.3 Å². The number of hydrogen-bond donors (Lipinski definition) is 1. The fraction of sp³-hybridized carbons (Fsp3) is 0.900. The van der Waals surface area contributed by atoms with Gasteiger partial charge in [0.1, 0.15) is 0 Å². The normalized spacial score (nSPS) is 20.5. The molecule has 3 heteroatoms. The molecule has 0 aromatic heterocycles. The lowest BCUT2D eigenvalue weighted by Crippen LogP contribution is -2.43. The van der Waals surface area contributed by atoms with Gasteiger partial charge in [-0.1, -0.05) is 13.3 Å². The fourth-order valence-electron chi connectivity index (χ4n) is 1.80. The molecule has 0 aromatic rings. The van der Waals surface area contributed by atoms with Gasteiger partial charge < -0.3 is 10.6 Å².